The number of imidazole rings is 1. The van der Waals surface area contributed by atoms with E-state index < -0.39 is 0 Å². The van der Waals surface area contributed by atoms with E-state index in [0.29, 0.717) is 6.54 Å². The van der Waals surface area contributed by atoms with Crippen LogP contribution in [0, 0.1) is 13.8 Å². The average molecular weight is 280 g/mol. The summed E-state index contributed by atoms with van der Waals surface area (Å²) in [7, 11) is 0. The summed E-state index contributed by atoms with van der Waals surface area (Å²) < 4.78 is 1.09. The summed E-state index contributed by atoms with van der Waals surface area (Å²) in [4.78, 5) is 7.24. The zero-order valence-corrected chi connectivity index (χ0v) is 10.9. The summed E-state index contributed by atoms with van der Waals surface area (Å²) >= 11 is 3.57. The molecule has 0 aliphatic heterocycles. The average Bonchev–Trinajstić information content (AvgIpc) is 2.68. The lowest BCUT2D eigenvalue weighted by molar-refractivity contribution is 0.996. The fourth-order valence-corrected chi connectivity index (χ4v) is 2.52. The first kappa shape index (κ1) is 11.2. The molecule has 0 radical (unpaired) electrons. The smallest absolute Gasteiger partial charge is 0.125 e. The highest BCUT2D eigenvalue weighted by atomic mass is 79.9. The summed E-state index contributed by atoms with van der Waals surface area (Å²) in [5.41, 5.74) is 3.62. The summed E-state index contributed by atoms with van der Waals surface area (Å²) in [5.74, 6) is 0.937. The number of H-pyrrole nitrogens is 1. The standard InChI is InChI=1S/C12H14BrN3/c1-8-5-9(2)12(10(13)6-8)16-7-11-14-3-4-15-11/h3-6,16H,7H2,1-2H3,(H,14,15). The minimum Gasteiger partial charge on any atom is -0.377 e. The van der Waals surface area contributed by atoms with Gasteiger partial charge in [-0.25, -0.2) is 4.98 Å². The lowest BCUT2D eigenvalue weighted by Crippen LogP contribution is -2.03. The molecule has 2 rings (SSSR count). The molecule has 4 heteroatoms. The Labute approximate surface area is 103 Å². The molecule has 0 spiro atoms. The Morgan fingerprint density at radius 1 is 1.38 bits per heavy atom. The fraction of sp³-hybridized carbons (Fsp3) is 0.250. The second-order valence-corrected chi connectivity index (χ2v) is 4.68. The van der Waals surface area contributed by atoms with Gasteiger partial charge in [0.25, 0.3) is 0 Å². The van der Waals surface area contributed by atoms with Gasteiger partial charge in [0.1, 0.15) is 5.82 Å². The first-order valence-corrected chi connectivity index (χ1v) is 5.95. The highest BCUT2D eigenvalue weighted by Crippen LogP contribution is 2.27. The molecule has 1 heterocycles. The van der Waals surface area contributed by atoms with Crippen molar-refractivity contribution in [3.8, 4) is 0 Å². The Hall–Kier alpha value is -1.29. The zero-order valence-electron chi connectivity index (χ0n) is 9.34. The van der Waals surface area contributed by atoms with Crippen molar-refractivity contribution < 1.29 is 0 Å². The quantitative estimate of drug-likeness (QED) is 0.904. The van der Waals surface area contributed by atoms with Crippen LogP contribution in [0.1, 0.15) is 17.0 Å². The van der Waals surface area contributed by atoms with E-state index in [1.807, 2.05) is 6.20 Å². The monoisotopic (exact) mass is 279 g/mol. The molecule has 0 saturated carbocycles. The Morgan fingerprint density at radius 2 is 2.19 bits per heavy atom. The molecule has 16 heavy (non-hydrogen) atoms. The molecule has 0 bridgehead atoms. The molecule has 0 fully saturated rings. The number of aromatic nitrogens is 2. The highest BCUT2D eigenvalue weighted by Gasteiger charge is 2.04. The second kappa shape index (κ2) is 4.70. The summed E-state index contributed by atoms with van der Waals surface area (Å²) in [6.45, 7) is 4.89. The van der Waals surface area contributed by atoms with Gasteiger partial charge >= 0.3 is 0 Å². The van der Waals surface area contributed by atoms with Gasteiger partial charge in [-0.1, -0.05) is 6.07 Å². The van der Waals surface area contributed by atoms with Crippen molar-refractivity contribution in [3.63, 3.8) is 0 Å². The maximum absolute atomic E-state index is 4.17. The van der Waals surface area contributed by atoms with Gasteiger partial charge in [-0.05, 0) is 47.0 Å². The van der Waals surface area contributed by atoms with E-state index >= 15 is 0 Å². The molecule has 0 aliphatic rings. The fourth-order valence-electron chi connectivity index (χ4n) is 1.71. The minimum atomic E-state index is 0.704. The molecule has 1 aromatic heterocycles. The third-order valence-electron chi connectivity index (χ3n) is 2.42. The molecule has 84 valence electrons. The maximum atomic E-state index is 4.17. The third-order valence-corrected chi connectivity index (χ3v) is 3.04. The SMILES string of the molecule is Cc1cc(C)c(NCc2ncc[nH]2)c(Br)c1. The zero-order chi connectivity index (χ0) is 11.5. The maximum Gasteiger partial charge on any atom is 0.125 e. The second-order valence-electron chi connectivity index (χ2n) is 3.83. The summed E-state index contributed by atoms with van der Waals surface area (Å²) in [6, 6.07) is 4.27. The van der Waals surface area contributed by atoms with E-state index in [-0.39, 0.29) is 0 Å². The number of hydrogen-bond acceptors (Lipinski definition) is 2. The Kier molecular flexibility index (Phi) is 3.29. The van der Waals surface area contributed by atoms with Crippen LogP contribution in [0.15, 0.2) is 29.0 Å². The minimum absolute atomic E-state index is 0.704. The van der Waals surface area contributed by atoms with Crippen LogP contribution >= 0.6 is 15.9 Å². The van der Waals surface area contributed by atoms with E-state index in [1.165, 1.54) is 11.1 Å². The molecule has 0 amide bonds. The van der Waals surface area contributed by atoms with Gasteiger partial charge in [0, 0.05) is 16.9 Å². The normalized spacial score (nSPS) is 10.4. The molecular weight excluding hydrogens is 266 g/mol. The molecule has 0 atom stereocenters. The Bertz CT molecular complexity index is 454. The number of anilines is 1. The first-order valence-electron chi connectivity index (χ1n) is 5.15. The van der Waals surface area contributed by atoms with Crippen LogP contribution in [-0.4, -0.2) is 9.97 Å². The predicted octanol–water partition coefficient (Wildman–Crippen LogP) is 3.40. The van der Waals surface area contributed by atoms with Gasteiger partial charge < -0.3 is 10.3 Å². The number of halogens is 1. The molecule has 2 aromatic rings. The van der Waals surface area contributed by atoms with Gasteiger partial charge in [-0.15, -0.1) is 0 Å². The van der Waals surface area contributed by atoms with Gasteiger partial charge in [-0.3, -0.25) is 0 Å². The van der Waals surface area contributed by atoms with Gasteiger partial charge in [0.05, 0.1) is 12.2 Å². The van der Waals surface area contributed by atoms with Gasteiger partial charge in [-0.2, -0.15) is 0 Å². The third kappa shape index (κ3) is 2.44. The van der Waals surface area contributed by atoms with E-state index in [1.54, 1.807) is 6.20 Å². The van der Waals surface area contributed by atoms with Crippen molar-refractivity contribution in [3.05, 3.63) is 46.0 Å². The summed E-state index contributed by atoms with van der Waals surface area (Å²) in [5, 5.41) is 3.37. The Balaban J connectivity index is 2.15. The molecular formula is C12H14BrN3. The van der Waals surface area contributed by atoms with Crippen LogP contribution in [0.5, 0.6) is 0 Å². The van der Waals surface area contributed by atoms with Crippen molar-refractivity contribution in [1.82, 2.24) is 9.97 Å². The lowest BCUT2D eigenvalue weighted by Gasteiger charge is -2.11. The van der Waals surface area contributed by atoms with Crippen LogP contribution in [0.3, 0.4) is 0 Å². The lowest BCUT2D eigenvalue weighted by atomic mass is 10.1. The number of benzene rings is 1. The molecule has 2 N–H and O–H groups in total. The predicted molar refractivity (Wildman–Crippen MR) is 69.5 cm³/mol. The number of nitrogens with zero attached hydrogens (tertiary/aromatic N) is 1. The Morgan fingerprint density at radius 3 is 2.81 bits per heavy atom. The van der Waals surface area contributed by atoms with E-state index in [9.17, 15) is 0 Å². The first-order chi connectivity index (χ1) is 7.66. The highest BCUT2D eigenvalue weighted by molar-refractivity contribution is 9.10. The van der Waals surface area contributed by atoms with E-state index in [2.05, 4.69) is 57.2 Å². The van der Waals surface area contributed by atoms with Crippen molar-refractivity contribution >= 4 is 21.6 Å². The van der Waals surface area contributed by atoms with Crippen LogP contribution < -0.4 is 5.32 Å². The molecule has 0 saturated heterocycles. The van der Waals surface area contributed by atoms with Crippen LogP contribution in [-0.2, 0) is 6.54 Å². The van der Waals surface area contributed by atoms with Crippen molar-refractivity contribution in [2.45, 2.75) is 20.4 Å². The van der Waals surface area contributed by atoms with Crippen LogP contribution in [0.25, 0.3) is 0 Å². The number of aromatic amines is 1. The van der Waals surface area contributed by atoms with Crippen molar-refractivity contribution in [2.75, 3.05) is 5.32 Å². The number of nitrogens with one attached hydrogen (secondary N) is 2. The largest absolute Gasteiger partial charge is 0.377 e. The van der Waals surface area contributed by atoms with Crippen LogP contribution in [0.2, 0.25) is 0 Å². The molecule has 0 unspecified atom stereocenters. The van der Waals surface area contributed by atoms with Gasteiger partial charge in [0.15, 0.2) is 0 Å². The van der Waals surface area contributed by atoms with Crippen molar-refractivity contribution in [2.24, 2.45) is 0 Å². The van der Waals surface area contributed by atoms with E-state index in [0.717, 1.165) is 16.0 Å². The van der Waals surface area contributed by atoms with E-state index in [4.69, 9.17) is 0 Å². The summed E-state index contributed by atoms with van der Waals surface area (Å²) in [6.07, 6.45) is 3.59. The van der Waals surface area contributed by atoms with Crippen LogP contribution in [0.4, 0.5) is 5.69 Å². The number of aryl methyl sites for hydroxylation is 2. The number of hydrogen-bond donors (Lipinski definition) is 2. The van der Waals surface area contributed by atoms with Gasteiger partial charge in [0.2, 0.25) is 0 Å². The topological polar surface area (TPSA) is 40.7 Å². The molecule has 3 nitrogen and oxygen atoms in total. The van der Waals surface area contributed by atoms with Crippen molar-refractivity contribution in [1.29, 1.82) is 0 Å². The molecule has 0 aliphatic carbocycles. The molecule has 1 aromatic carbocycles. The number of rotatable bonds is 3.